The van der Waals surface area contributed by atoms with Crippen molar-refractivity contribution in [2.75, 3.05) is 27.2 Å². The molecule has 0 aliphatic carbocycles. The minimum Gasteiger partial charge on any atom is -0.343 e. The summed E-state index contributed by atoms with van der Waals surface area (Å²) in [5.41, 5.74) is 1.91. The number of likely N-dealkylation sites (N-methyl/N-ethyl adjacent to an activating group) is 1. The van der Waals surface area contributed by atoms with Gasteiger partial charge in [0, 0.05) is 38.3 Å². The van der Waals surface area contributed by atoms with E-state index in [0.717, 1.165) is 11.1 Å². The normalized spacial score (nSPS) is 13.9. The van der Waals surface area contributed by atoms with Crippen molar-refractivity contribution in [2.45, 2.75) is 37.8 Å². The third-order valence-electron chi connectivity index (χ3n) is 5.10. The highest BCUT2D eigenvalue weighted by Gasteiger charge is 2.28. The Balaban J connectivity index is 2.25. The predicted octanol–water partition coefficient (Wildman–Crippen LogP) is 2.17. The van der Waals surface area contributed by atoms with Gasteiger partial charge in [-0.1, -0.05) is 56.3 Å². The second-order valence-electron chi connectivity index (χ2n) is 7.26. The first-order valence-corrected chi connectivity index (χ1v) is 11.4. The molecule has 0 aliphatic heterocycles. The molecule has 7 heteroatoms. The van der Waals surface area contributed by atoms with Crippen LogP contribution in [0, 0.1) is 0 Å². The number of sulfonamides is 1. The molecule has 158 valence electrons. The number of rotatable bonds is 9. The summed E-state index contributed by atoms with van der Waals surface area (Å²) in [7, 11) is 0.0352. The van der Waals surface area contributed by atoms with Crippen LogP contribution in [0.3, 0.4) is 0 Å². The SMILES string of the molecule is CCN(CC)S(=O)(=O)c1ccc([C@@H](C)[NH2+][C@H](C(=O)N(C)C)c2ccccc2)cc1. The van der Waals surface area contributed by atoms with Gasteiger partial charge in [0.05, 0.1) is 4.90 Å². The van der Waals surface area contributed by atoms with Gasteiger partial charge in [0.1, 0.15) is 6.04 Å². The summed E-state index contributed by atoms with van der Waals surface area (Å²) in [6, 6.07) is 16.3. The van der Waals surface area contributed by atoms with Crippen molar-refractivity contribution in [1.82, 2.24) is 9.21 Å². The van der Waals surface area contributed by atoms with Crippen LogP contribution >= 0.6 is 0 Å². The van der Waals surface area contributed by atoms with Gasteiger partial charge >= 0.3 is 0 Å². The molecular formula is C22H32N3O3S+. The van der Waals surface area contributed by atoms with E-state index in [-0.39, 0.29) is 18.0 Å². The molecule has 0 heterocycles. The van der Waals surface area contributed by atoms with E-state index in [1.54, 1.807) is 31.1 Å². The van der Waals surface area contributed by atoms with Gasteiger partial charge < -0.3 is 10.2 Å². The highest BCUT2D eigenvalue weighted by Crippen LogP contribution is 2.19. The Bertz CT molecular complexity index is 893. The van der Waals surface area contributed by atoms with Crippen molar-refractivity contribution in [3.8, 4) is 0 Å². The molecule has 2 atom stereocenters. The molecule has 0 fully saturated rings. The number of hydrogen-bond acceptors (Lipinski definition) is 3. The second kappa shape index (κ2) is 10.0. The van der Waals surface area contributed by atoms with Gasteiger partial charge in [-0.05, 0) is 19.1 Å². The van der Waals surface area contributed by atoms with Crippen LogP contribution in [0.25, 0.3) is 0 Å². The lowest BCUT2D eigenvalue weighted by Gasteiger charge is -2.23. The third kappa shape index (κ3) is 5.44. The van der Waals surface area contributed by atoms with Crippen LogP contribution in [-0.4, -0.2) is 50.7 Å². The Morgan fingerprint density at radius 1 is 0.931 bits per heavy atom. The maximum absolute atomic E-state index is 12.7. The zero-order valence-corrected chi connectivity index (χ0v) is 18.7. The van der Waals surface area contributed by atoms with Gasteiger partial charge in [0.15, 0.2) is 6.04 Å². The lowest BCUT2D eigenvalue weighted by molar-refractivity contribution is -0.719. The van der Waals surface area contributed by atoms with Gasteiger partial charge in [0.25, 0.3) is 5.91 Å². The van der Waals surface area contributed by atoms with E-state index in [0.29, 0.717) is 18.0 Å². The van der Waals surface area contributed by atoms with Crippen molar-refractivity contribution in [1.29, 1.82) is 0 Å². The monoisotopic (exact) mass is 418 g/mol. The molecule has 2 N–H and O–H groups in total. The molecule has 2 rings (SSSR count). The Hall–Kier alpha value is -2.22. The summed E-state index contributed by atoms with van der Waals surface area (Å²) in [5.74, 6) is 0.0174. The van der Waals surface area contributed by atoms with Gasteiger partial charge in [-0.3, -0.25) is 4.79 Å². The maximum atomic E-state index is 12.7. The Kier molecular flexibility index (Phi) is 7.96. The Labute approximate surface area is 174 Å². The van der Waals surface area contributed by atoms with Crippen molar-refractivity contribution >= 4 is 15.9 Å². The highest BCUT2D eigenvalue weighted by molar-refractivity contribution is 7.89. The molecule has 29 heavy (non-hydrogen) atoms. The van der Waals surface area contributed by atoms with E-state index in [2.05, 4.69) is 0 Å². The number of hydrogen-bond donors (Lipinski definition) is 1. The lowest BCUT2D eigenvalue weighted by Crippen LogP contribution is -2.87. The topological polar surface area (TPSA) is 74.3 Å². The average molecular weight is 419 g/mol. The lowest BCUT2D eigenvalue weighted by atomic mass is 10.0. The largest absolute Gasteiger partial charge is 0.343 e. The predicted molar refractivity (Wildman–Crippen MR) is 115 cm³/mol. The summed E-state index contributed by atoms with van der Waals surface area (Å²) in [6.07, 6.45) is 0. The van der Waals surface area contributed by atoms with Crippen LogP contribution in [-0.2, 0) is 14.8 Å². The number of benzene rings is 2. The van der Waals surface area contributed by atoms with Crippen LogP contribution in [0.1, 0.15) is 44.0 Å². The van der Waals surface area contributed by atoms with E-state index < -0.39 is 10.0 Å². The number of nitrogens with two attached hydrogens (primary N) is 1. The molecule has 0 spiro atoms. The van der Waals surface area contributed by atoms with Crippen molar-refractivity contribution in [2.24, 2.45) is 0 Å². The van der Waals surface area contributed by atoms with Gasteiger partial charge in [-0.25, -0.2) is 8.42 Å². The quantitative estimate of drug-likeness (QED) is 0.678. The smallest absolute Gasteiger partial charge is 0.285 e. The van der Waals surface area contributed by atoms with Gasteiger partial charge in [-0.15, -0.1) is 0 Å². The average Bonchev–Trinajstić information content (AvgIpc) is 2.72. The Morgan fingerprint density at radius 2 is 1.48 bits per heavy atom. The molecule has 2 aromatic carbocycles. The molecule has 0 saturated heterocycles. The molecule has 0 saturated carbocycles. The molecule has 1 amide bonds. The molecule has 0 aliphatic rings. The summed E-state index contributed by atoms with van der Waals surface area (Å²) >= 11 is 0. The van der Waals surface area contributed by atoms with Crippen molar-refractivity contribution in [3.63, 3.8) is 0 Å². The van der Waals surface area contributed by atoms with E-state index in [4.69, 9.17) is 0 Å². The molecule has 0 aromatic heterocycles. The van der Waals surface area contributed by atoms with E-state index in [9.17, 15) is 13.2 Å². The van der Waals surface area contributed by atoms with Crippen molar-refractivity contribution in [3.05, 3.63) is 65.7 Å². The fourth-order valence-corrected chi connectivity index (χ4v) is 4.79. The second-order valence-corrected chi connectivity index (χ2v) is 9.20. The molecule has 0 radical (unpaired) electrons. The number of nitrogens with zero attached hydrogens (tertiary/aromatic N) is 2. The van der Waals surface area contributed by atoms with Gasteiger partial charge in [-0.2, -0.15) is 4.31 Å². The summed E-state index contributed by atoms with van der Waals surface area (Å²) in [5, 5.41) is 2.02. The first-order valence-electron chi connectivity index (χ1n) is 9.93. The maximum Gasteiger partial charge on any atom is 0.285 e. The minimum absolute atomic E-state index is 0.0174. The first-order chi connectivity index (χ1) is 13.7. The van der Waals surface area contributed by atoms with Crippen molar-refractivity contribution < 1.29 is 18.5 Å². The van der Waals surface area contributed by atoms with E-state index >= 15 is 0 Å². The van der Waals surface area contributed by atoms with Crippen LogP contribution in [0.15, 0.2) is 59.5 Å². The zero-order valence-electron chi connectivity index (χ0n) is 17.9. The first kappa shape index (κ1) is 23.1. The third-order valence-corrected chi connectivity index (χ3v) is 7.16. The summed E-state index contributed by atoms with van der Waals surface area (Å²) in [6.45, 7) is 6.56. The molecule has 0 unspecified atom stereocenters. The highest BCUT2D eigenvalue weighted by atomic mass is 32.2. The van der Waals surface area contributed by atoms with E-state index in [1.165, 1.54) is 4.31 Å². The molecular weight excluding hydrogens is 386 g/mol. The minimum atomic E-state index is -3.47. The number of quaternary nitrogens is 1. The number of carbonyl (C=O) groups is 1. The standard InChI is InChI=1S/C22H31N3O3S/c1-6-25(7-2)29(27,28)20-15-13-18(14-16-20)17(3)23-21(22(26)24(4)5)19-11-9-8-10-12-19/h8-17,21,23H,6-7H2,1-5H3/p+1/t17-,21+/m1/s1. The number of amides is 1. The van der Waals surface area contributed by atoms with E-state index in [1.807, 2.05) is 68.6 Å². The molecule has 0 bridgehead atoms. The fourth-order valence-electron chi connectivity index (χ4n) is 3.33. The fraction of sp³-hybridized carbons (Fsp3) is 0.409. The van der Waals surface area contributed by atoms with Crippen LogP contribution in [0.2, 0.25) is 0 Å². The van der Waals surface area contributed by atoms with Gasteiger partial charge in [0.2, 0.25) is 10.0 Å². The van der Waals surface area contributed by atoms with Crippen LogP contribution in [0.4, 0.5) is 0 Å². The Morgan fingerprint density at radius 3 is 1.97 bits per heavy atom. The summed E-state index contributed by atoms with van der Waals surface area (Å²) < 4.78 is 26.8. The van der Waals surface area contributed by atoms with Crippen LogP contribution < -0.4 is 5.32 Å². The number of carbonyl (C=O) groups excluding carboxylic acids is 1. The molecule has 6 nitrogen and oxygen atoms in total. The summed E-state index contributed by atoms with van der Waals surface area (Å²) in [4.78, 5) is 14.6. The molecule has 2 aromatic rings. The zero-order chi connectivity index (χ0) is 21.6. The van der Waals surface area contributed by atoms with Crippen LogP contribution in [0.5, 0.6) is 0 Å².